The molecule has 1 N–H and O–H groups in total. The summed E-state index contributed by atoms with van der Waals surface area (Å²) in [6.07, 6.45) is 3.72. The van der Waals surface area contributed by atoms with Gasteiger partial charge in [-0.15, -0.1) is 0 Å². The molecule has 1 aromatic carbocycles. The van der Waals surface area contributed by atoms with E-state index in [-0.39, 0.29) is 5.56 Å². The van der Waals surface area contributed by atoms with Gasteiger partial charge in [-0.3, -0.25) is 0 Å². The average molecular weight is 318 g/mol. The molecule has 1 aliphatic rings. The van der Waals surface area contributed by atoms with E-state index in [1.165, 1.54) is 25.0 Å². The smallest absolute Gasteiger partial charge is 0.143 e. The topological polar surface area (TPSA) is 12.0 Å². The van der Waals surface area contributed by atoms with Crippen LogP contribution in [0.25, 0.3) is 0 Å². The summed E-state index contributed by atoms with van der Waals surface area (Å²) in [4.78, 5) is 0. The zero-order valence-electron chi connectivity index (χ0n) is 10.5. The highest BCUT2D eigenvalue weighted by molar-refractivity contribution is 9.10. The van der Waals surface area contributed by atoms with Crippen molar-refractivity contribution in [3.63, 3.8) is 0 Å². The van der Waals surface area contributed by atoms with Crippen LogP contribution in [-0.4, -0.2) is 12.6 Å². The van der Waals surface area contributed by atoms with Gasteiger partial charge < -0.3 is 5.32 Å². The first-order chi connectivity index (χ1) is 8.63. The highest BCUT2D eigenvalue weighted by Gasteiger charge is 2.30. The maximum atomic E-state index is 13.8. The third kappa shape index (κ3) is 3.29. The van der Waals surface area contributed by atoms with Crippen LogP contribution in [0, 0.1) is 17.6 Å². The summed E-state index contributed by atoms with van der Waals surface area (Å²) in [5, 5.41) is 3.41. The summed E-state index contributed by atoms with van der Waals surface area (Å²) in [6.45, 7) is 2.97. The summed E-state index contributed by atoms with van der Waals surface area (Å²) < 4.78 is 27.7. The SMILES string of the molecule is CCNC(CCc1c(F)ccc(Br)c1F)C1CC1. The van der Waals surface area contributed by atoms with E-state index in [0.717, 1.165) is 13.0 Å². The van der Waals surface area contributed by atoms with Crippen LogP contribution in [0.3, 0.4) is 0 Å². The van der Waals surface area contributed by atoms with Crippen molar-refractivity contribution >= 4 is 15.9 Å². The molecule has 0 aliphatic heterocycles. The normalized spacial score (nSPS) is 16.9. The van der Waals surface area contributed by atoms with E-state index in [0.29, 0.717) is 22.9 Å². The van der Waals surface area contributed by atoms with Crippen molar-refractivity contribution in [3.05, 3.63) is 33.8 Å². The third-order valence-electron chi connectivity index (χ3n) is 3.50. The Balaban J connectivity index is 2.02. The van der Waals surface area contributed by atoms with Crippen molar-refractivity contribution < 1.29 is 8.78 Å². The monoisotopic (exact) mass is 317 g/mol. The molecule has 1 aliphatic carbocycles. The Morgan fingerprint density at radius 1 is 1.39 bits per heavy atom. The van der Waals surface area contributed by atoms with Crippen molar-refractivity contribution in [2.45, 2.75) is 38.6 Å². The molecule has 0 saturated heterocycles. The Kier molecular flexibility index (Phi) is 4.73. The summed E-state index contributed by atoms with van der Waals surface area (Å²) in [7, 11) is 0. The first-order valence-electron chi connectivity index (χ1n) is 6.49. The molecule has 0 radical (unpaired) electrons. The van der Waals surface area contributed by atoms with E-state index < -0.39 is 11.6 Å². The van der Waals surface area contributed by atoms with Crippen molar-refractivity contribution in [2.24, 2.45) is 5.92 Å². The van der Waals surface area contributed by atoms with E-state index in [4.69, 9.17) is 0 Å². The predicted octanol–water partition coefficient (Wildman–Crippen LogP) is 4.05. The number of nitrogens with one attached hydrogen (secondary N) is 1. The Hall–Kier alpha value is -0.480. The summed E-state index contributed by atoms with van der Waals surface area (Å²) in [5.41, 5.74) is 0.202. The van der Waals surface area contributed by atoms with Crippen LogP contribution in [-0.2, 0) is 6.42 Å². The molecule has 0 spiro atoms. The molecule has 18 heavy (non-hydrogen) atoms. The Labute approximate surface area is 115 Å². The molecule has 0 heterocycles. The zero-order valence-corrected chi connectivity index (χ0v) is 12.1. The highest BCUT2D eigenvalue weighted by atomic mass is 79.9. The Bertz CT molecular complexity index is 419. The van der Waals surface area contributed by atoms with Gasteiger partial charge in [0.25, 0.3) is 0 Å². The van der Waals surface area contributed by atoms with Crippen molar-refractivity contribution in [3.8, 4) is 0 Å². The largest absolute Gasteiger partial charge is 0.314 e. The quantitative estimate of drug-likeness (QED) is 0.780. The van der Waals surface area contributed by atoms with Crippen molar-refractivity contribution in [2.75, 3.05) is 6.54 Å². The minimum atomic E-state index is -0.457. The van der Waals surface area contributed by atoms with E-state index in [1.807, 2.05) is 0 Å². The lowest BCUT2D eigenvalue weighted by atomic mass is 10.0. The van der Waals surface area contributed by atoms with Gasteiger partial charge in [0.1, 0.15) is 11.6 Å². The molecule has 1 atom stereocenters. The zero-order chi connectivity index (χ0) is 13.1. The third-order valence-corrected chi connectivity index (χ3v) is 4.11. The van der Waals surface area contributed by atoms with Crippen LogP contribution in [0.5, 0.6) is 0 Å². The highest BCUT2D eigenvalue weighted by Crippen LogP contribution is 2.35. The fourth-order valence-electron chi connectivity index (χ4n) is 2.36. The molecule has 0 aromatic heterocycles. The summed E-state index contributed by atoms with van der Waals surface area (Å²) in [6, 6.07) is 3.13. The van der Waals surface area contributed by atoms with Crippen LogP contribution < -0.4 is 5.32 Å². The second-order valence-corrected chi connectivity index (χ2v) is 5.72. The van der Waals surface area contributed by atoms with Gasteiger partial charge in [0.2, 0.25) is 0 Å². The maximum Gasteiger partial charge on any atom is 0.143 e. The van der Waals surface area contributed by atoms with Gasteiger partial charge in [0, 0.05) is 11.6 Å². The van der Waals surface area contributed by atoms with Crippen molar-refractivity contribution in [1.82, 2.24) is 5.32 Å². The molecule has 0 amide bonds. The number of hydrogen-bond acceptors (Lipinski definition) is 1. The molecule has 100 valence electrons. The van der Waals surface area contributed by atoms with Crippen LogP contribution in [0.1, 0.15) is 31.7 Å². The number of hydrogen-bond donors (Lipinski definition) is 1. The van der Waals surface area contributed by atoms with E-state index in [9.17, 15) is 8.78 Å². The molecular weight excluding hydrogens is 300 g/mol. The van der Waals surface area contributed by atoms with Gasteiger partial charge in [0.05, 0.1) is 4.47 Å². The predicted molar refractivity (Wildman–Crippen MR) is 72.6 cm³/mol. The number of benzene rings is 1. The molecular formula is C14H18BrF2N. The maximum absolute atomic E-state index is 13.8. The molecule has 0 bridgehead atoms. The van der Waals surface area contributed by atoms with Gasteiger partial charge in [-0.2, -0.15) is 0 Å². The lowest BCUT2D eigenvalue weighted by Gasteiger charge is -2.17. The first-order valence-corrected chi connectivity index (χ1v) is 7.28. The molecule has 1 fully saturated rings. The molecule has 1 aromatic rings. The molecule has 1 unspecified atom stereocenters. The summed E-state index contributed by atoms with van der Waals surface area (Å²) in [5.74, 6) is -0.203. The molecule has 1 nitrogen and oxygen atoms in total. The number of halogens is 3. The molecule has 4 heteroatoms. The minimum Gasteiger partial charge on any atom is -0.314 e. The van der Waals surface area contributed by atoms with Crippen LogP contribution in [0.15, 0.2) is 16.6 Å². The van der Waals surface area contributed by atoms with Gasteiger partial charge in [-0.05, 0) is 66.2 Å². The van der Waals surface area contributed by atoms with Gasteiger partial charge in [-0.1, -0.05) is 6.92 Å². The molecule has 2 rings (SSSR count). The fraction of sp³-hybridized carbons (Fsp3) is 0.571. The van der Waals surface area contributed by atoms with E-state index in [2.05, 4.69) is 28.2 Å². The lowest BCUT2D eigenvalue weighted by molar-refractivity contribution is 0.436. The second kappa shape index (κ2) is 6.11. The van der Waals surface area contributed by atoms with Gasteiger partial charge in [-0.25, -0.2) is 8.78 Å². The first kappa shape index (κ1) is 13.9. The van der Waals surface area contributed by atoms with E-state index >= 15 is 0 Å². The van der Waals surface area contributed by atoms with Crippen LogP contribution in [0.2, 0.25) is 0 Å². The van der Waals surface area contributed by atoms with Crippen LogP contribution >= 0.6 is 15.9 Å². The fourth-order valence-corrected chi connectivity index (χ4v) is 2.73. The number of rotatable bonds is 6. The summed E-state index contributed by atoms with van der Waals surface area (Å²) >= 11 is 3.10. The van der Waals surface area contributed by atoms with Crippen molar-refractivity contribution in [1.29, 1.82) is 0 Å². The van der Waals surface area contributed by atoms with Gasteiger partial charge >= 0.3 is 0 Å². The van der Waals surface area contributed by atoms with Crippen LogP contribution in [0.4, 0.5) is 8.78 Å². The lowest BCUT2D eigenvalue weighted by Crippen LogP contribution is -2.31. The van der Waals surface area contributed by atoms with E-state index in [1.54, 1.807) is 0 Å². The average Bonchev–Trinajstić information content (AvgIpc) is 3.17. The molecule has 1 saturated carbocycles. The minimum absolute atomic E-state index is 0.202. The second-order valence-electron chi connectivity index (χ2n) is 4.86. The standard InChI is InChI=1S/C14H18BrF2N/c1-2-18-13(9-3-4-9)8-5-10-12(16)7-6-11(15)14(10)17/h6-7,9,13,18H,2-5,8H2,1H3. The van der Waals surface area contributed by atoms with Gasteiger partial charge in [0.15, 0.2) is 0 Å². The Morgan fingerprint density at radius 3 is 2.72 bits per heavy atom. The Morgan fingerprint density at radius 2 is 2.11 bits per heavy atom.